The van der Waals surface area contributed by atoms with E-state index in [4.69, 9.17) is 0 Å². The summed E-state index contributed by atoms with van der Waals surface area (Å²) in [5.74, 6) is -0.996. The molecule has 182 valence electrons. The minimum atomic E-state index is -0.665. The van der Waals surface area contributed by atoms with Gasteiger partial charge in [-0.25, -0.2) is 0 Å². The van der Waals surface area contributed by atoms with Crippen LogP contribution in [-0.2, 0) is 19.2 Å². The minimum absolute atomic E-state index is 0.0711. The number of carbonyl (C=O) groups excluding carboxylic acids is 4. The molecular weight excluding hydrogens is 525 g/mol. The Morgan fingerprint density at radius 3 is 2.12 bits per heavy atom. The lowest BCUT2D eigenvalue weighted by atomic mass is 9.83. The van der Waals surface area contributed by atoms with Crippen LogP contribution in [0.2, 0.25) is 0 Å². The fourth-order valence-electron chi connectivity index (χ4n) is 4.58. The third-order valence-corrected chi connectivity index (χ3v) is 7.22. The quantitative estimate of drug-likeness (QED) is 0.249. The molecule has 1 saturated heterocycles. The van der Waals surface area contributed by atoms with E-state index in [1.165, 1.54) is 0 Å². The lowest BCUT2D eigenvalue weighted by Gasteiger charge is -2.35. The summed E-state index contributed by atoms with van der Waals surface area (Å²) in [6.07, 6.45) is 6.26. The molecule has 1 saturated carbocycles. The summed E-state index contributed by atoms with van der Waals surface area (Å²) in [6, 6.07) is -2.34. The molecule has 2 rings (SSSR count). The van der Waals surface area contributed by atoms with Gasteiger partial charge in [0.05, 0.1) is 28.9 Å². The third-order valence-electron chi connectivity index (χ3n) is 6.69. The average molecular weight is 563 g/mol. The first kappa shape index (κ1) is 26.8. The predicted octanol–water partition coefficient (Wildman–Crippen LogP) is 1.26. The van der Waals surface area contributed by atoms with Gasteiger partial charge in [0, 0.05) is 6.54 Å². The smallest absolute Gasteiger partial charge is 0.251 e. The molecule has 2 fully saturated rings. The first-order valence-electron chi connectivity index (χ1n) is 11.7. The number of likely N-dealkylation sites (tertiary alicyclic amines) is 1. The van der Waals surface area contributed by atoms with Crippen LogP contribution in [0.25, 0.3) is 0 Å². The number of hydrogen-bond donors (Lipinski definition) is 4. The maximum atomic E-state index is 13.6. The van der Waals surface area contributed by atoms with E-state index in [2.05, 4.69) is 19.5 Å². The summed E-state index contributed by atoms with van der Waals surface area (Å²) >= 11 is 1.76. The predicted molar refractivity (Wildman–Crippen MR) is 131 cm³/mol. The monoisotopic (exact) mass is 563 g/mol. The summed E-state index contributed by atoms with van der Waals surface area (Å²) in [6.45, 7) is 5.97. The molecule has 0 spiro atoms. The van der Waals surface area contributed by atoms with E-state index in [1.54, 1.807) is 41.7 Å². The molecule has 10 heteroatoms. The molecule has 0 aromatic carbocycles. The number of nitrogens with zero attached hydrogens (tertiary/aromatic N) is 1. The summed E-state index contributed by atoms with van der Waals surface area (Å²) in [5, 5.41) is 8.72. The minimum Gasteiger partial charge on any atom is -0.343 e. The van der Waals surface area contributed by atoms with Crippen LogP contribution < -0.4 is 19.5 Å². The van der Waals surface area contributed by atoms with Crippen LogP contribution in [0.3, 0.4) is 0 Å². The van der Waals surface area contributed by atoms with Crippen LogP contribution >= 0.6 is 22.9 Å². The van der Waals surface area contributed by atoms with Gasteiger partial charge in [0.1, 0.15) is 18.1 Å². The van der Waals surface area contributed by atoms with Gasteiger partial charge < -0.3 is 20.9 Å². The number of likely N-dealkylation sites (N-methyl/N-ethyl adjacent to an activating group) is 1. The van der Waals surface area contributed by atoms with E-state index < -0.39 is 24.2 Å². The molecule has 2 aliphatic rings. The van der Waals surface area contributed by atoms with E-state index >= 15 is 0 Å². The van der Waals surface area contributed by atoms with Crippen LogP contribution in [-0.4, -0.2) is 66.3 Å². The number of nitrogens with one attached hydrogen (secondary N) is 4. The topological polar surface area (TPSA) is 120 Å². The average Bonchev–Trinajstić information content (AvgIpc) is 3.29. The Balaban J connectivity index is 2.18. The molecule has 0 unspecified atom stereocenters. The van der Waals surface area contributed by atoms with Gasteiger partial charge in [0.15, 0.2) is 0 Å². The molecule has 1 aliphatic heterocycles. The van der Waals surface area contributed by atoms with Gasteiger partial charge in [-0.05, 0) is 51.5 Å². The third kappa shape index (κ3) is 6.79. The van der Waals surface area contributed by atoms with Crippen LogP contribution in [0.5, 0.6) is 0 Å². The lowest BCUT2D eigenvalue weighted by Crippen LogP contribution is -2.59. The molecule has 1 aliphatic carbocycles. The molecule has 4 atom stereocenters. The number of rotatable bonds is 9. The van der Waals surface area contributed by atoms with Crippen molar-refractivity contribution in [3.05, 3.63) is 0 Å². The summed E-state index contributed by atoms with van der Waals surface area (Å²) in [7, 11) is 1.71. The van der Waals surface area contributed by atoms with Gasteiger partial charge in [-0.15, -0.1) is 0 Å². The Morgan fingerprint density at radius 1 is 0.906 bits per heavy atom. The van der Waals surface area contributed by atoms with E-state index in [0.29, 0.717) is 19.4 Å². The Kier molecular flexibility index (Phi) is 10.7. The Hall–Kier alpha value is -1.43. The number of carbonyl (C=O) groups is 4. The van der Waals surface area contributed by atoms with E-state index in [1.807, 2.05) is 13.8 Å². The van der Waals surface area contributed by atoms with Gasteiger partial charge in [-0.1, -0.05) is 33.1 Å². The standard InChI is InChI=1S/C22H38IN5O4/c1-13(2)17(21(31)27-23)25-20(30)16-11-8-12-28(16)22(32)18(15-9-6-5-7-10-15)26-19(29)14(3)24-4/h13-18,24H,5-12H2,1-4H3,(H,25,30)(H,26,29)(H,27,31)/t14-,16-,17-,18-/m0/s1. The Labute approximate surface area is 205 Å². The normalized spacial score (nSPS) is 22.2. The zero-order valence-corrected chi connectivity index (χ0v) is 21.7. The van der Waals surface area contributed by atoms with Crippen LogP contribution in [0.15, 0.2) is 0 Å². The molecule has 32 heavy (non-hydrogen) atoms. The summed E-state index contributed by atoms with van der Waals surface area (Å²) in [5.41, 5.74) is 0. The van der Waals surface area contributed by atoms with Crippen molar-refractivity contribution in [2.75, 3.05) is 13.6 Å². The van der Waals surface area contributed by atoms with Gasteiger partial charge in [-0.3, -0.25) is 22.7 Å². The van der Waals surface area contributed by atoms with Crippen LogP contribution in [0, 0.1) is 11.8 Å². The molecule has 9 nitrogen and oxygen atoms in total. The fraction of sp³-hybridized carbons (Fsp3) is 0.818. The molecule has 0 aromatic heterocycles. The molecular formula is C22H38IN5O4. The van der Waals surface area contributed by atoms with Crippen molar-refractivity contribution < 1.29 is 19.2 Å². The van der Waals surface area contributed by atoms with Crippen molar-refractivity contribution >= 4 is 46.5 Å². The van der Waals surface area contributed by atoms with Crippen molar-refractivity contribution in [2.24, 2.45) is 11.8 Å². The first-order valence-corrected chi connectivity index (χ1v) is 12.8. The second-order valence-electron chi connectivity index (χ2n) is 9.27. The van der Waals surface area contributed by atoms with Gasteiger partial charge in [0.25, 0.3) is 5.91 Å². The summed E-state index contributed by atoms with van der Waals surface area (Å²) < 4.78 is 2.56. The molecule has 0 bridgehead atoms. The van der Waals surface area contributed by atoms with Gasteiger partial charge >= 0.3 is 0 Å². The van der Waals surface area contributed by atoms with Crippen molar-refractivity contribution in [1.29, 1.82) is 0 Å². The second-order valence-corrected chi connectivity index (χ2v) is 9.81. The summed E-state index contributed by atoms with van der Waals surface area (Å²) in [4.78, 5) is 53.1. The van der Waals surface area contributed by atoms with Crippen LogP contribution in [0.4, 0.5) is 0 Å². The highest BCUT2D eigenvalue weighted by Crippen LogP contribution is 2.29. The number of halogens is 1. The zero-order chi connectivity index (χ0) is 23.8. The second kappa shape index (κ2) is 12.7. The maximum Gasteiger partial charge on any atom is 0.251 e. The highest BCUT2D eigenvalue weighted by molar-refractivity contribution is 14.1. The highest BCUT2D eigenvalue weighted by Gasteiger charge is 2.41. The van der Waals surface area contributed by atoms with E-state index in [-0.39, 0.29) is 35.5 Å². The highest BCUT2D eigenvalue weighted by atomic mass is 127. The van der Waals surface area contributed by atoms with Crippen molar-refractivity contribution in [2.45, 2.75) is 89.9 Å². The van der Waals surface area contributed by atoms with Gasteiger partial charge in [-0.2, -0.15) is 0 Å². The molecule has 0 radical (unpaired) electrons. The lowest BCUT2D eigenvalue weighted by molar-refractivity contribution is -0.143. The van der Waals surface area contributed by atoms with E-state index in [0.717, 1.165) is 32.1 Å². The van der Waals surface area contributed by atoms with Gasteiger partial charge in [0.2, 0.25) is 17.7 Å². The van der Waals surface area contributed by atoms with Crippen LogP contribution in [0.1, 0.15) is 65.7 Å². The SMILES string of the molecule is CN[C@@H](C)C(=O)N[C@H](C(=O)N1CCC[C@H]1C(=O)N[C@H](C(=O)NI)C(C)C)C1CCCCC1. The fourth-order valence-corrected chi connectivity index (χ4v) is 4.92. The zero-order valence-electron chi connectivity index (χ0n) is 19.6. The Bertz CT molecular complexity index is 683. The van der Waals surface area contributed by atoms with Crippen molar-refractivity contribution in [1.82, 2.24) is 24.4 Å². The molecule has 1 heterocycles. The first-order chi connectivity index (χ1) is 15.2. The number of hydrogen-bond acceptors (Lipinski definition) is 5. The molecule has 0 aromatic rings. The van der Waals surface area contributed by atoms with E-state index in [9.17, 15) is 19.2 Å². The maximum absolute atomic E-state index is 13.6. The van der Waals surface area contributed by atoms with Crippen molar-refractivity contribution in [3.63, 3.8) is 0 Å². The Morgan fingerprint density at radius 2 is 1.56 bits per heavy atom. The van der Waals surface area contributed by atoms with Crippen molar-refractivity contribution in [3.8, 4) is 0 Å². The molecule has 4 amide bonds. The number of amides is 4. The largest absolute Gasteiger partial charge is 0.343 e. The molecule has 4 N–H and O–H groups in total.